The Kier molecular flexibility index (Phi) is 6.56. The fourth-order valence-electron chi connectivity index (χ4n) is 3.83. The Bertz CT molecular complexity index is 718. The smallest absolute Gasteiger partial charge is 0.190 e. The number of hydrogen-bond acceptors (Lipinski definition) is 2. The third-order valence-corrected chi connectivity index (χ3v) is 5.70. The average molecular weight is 357 g/mol. The standard InChI is InChI=1S/C21H32N4O/c1-22-20(25-16-21(10-6-11-21)12-14-26-2)23-13-5-7-17-15-24-19-9-4-3-8-18(17)19/h3-4,8-9,15,24H,5-7,10-14,16H2,1-2H3,(H2,22,23,25). The molecule has 1 aromatic heterocycles. The number of aliphatic imine (C=N–C) groups is 1. The number of rotatable bonds is 9. The van der Waals surface area contributed by atoms with Gasteiger partial charge < -0.3 is 20.4 Å². The number of fused-ring (bicyclic) bond motifs is 1. The molecule has 3 rings (SSSR count). The first-order valence-corrected chi connectivity index (χ1v) is 9.75. The highest BCUT2D eigenvalue weighted by Crippen LogP contribution is 2.43. The molecule has 0 saturated heterocycles. The summed E-state index contributed by atoms with van der Waals surface area (Å²) >= 11 is 0. The number of aryl methyl sites for hydroxylation is 1. The third kappa shape index (κ3) is 4.58. The molecule has 1 aliphatic carbocycles. The second-order valence-corrected chi connectivity index (χ2v) is 7.41. The fraction of sp³-hybridized carbons (Fsp3) is 0.571. The number of para-hydroxylation sites is 1. The molecule has 3 N–H and O–H groups in total. The molecule has 1 heterocycles. The Balaban J connectivity index is 1.40. The lowest BCUT2D eigenvalue weighted by Crippen LogP contribution is -2.47. The van der Waals surface area contributed by atoms with Crippen LogP contribution in [0.4, 0.5) is 0 Å². The first-order valence-electron chi connectivity index (χ1n) is 9.75. The first kappa shape index (κ1) is 18.8. The molecule has 2 aromatic rings. The van der Waals surface area contributed by atoms with Crippen molar-refractivity contribution in [1.82, 2.24) is 15.6 Å². The molecule has 0 spiro atoms. The van der Waals surface area contributed by atoms with Crippen molar-refractivity contribution in [3.8, 4) is 0 Å². The summed E-state index contributed by atoms with van der Waals surface area (Å²) in [7, 11) is 3.63. The van der Waals surface area contributed by atoms with Crippen LogP contribution in [0, 0.1) is 5.41 Å². The molecular weight excluding hydrogens is 324 g/mol. The van der Waals surface area contributed by atoms with Gasteiger partial charge in [0, 0.05) is 51.0 Å². The number of benzene rings is 1. The quantitative estimate of drug-likeness (QED) is 0.366. The second kappa shape index (κ2) is 9.08. The van der Waals surface area contributed by atoms with E-state index in [1.165, 1.54) is 35.7 Å². The van der Waals surface area contributed by atoms with Gasteiger partial charge in [-0.15, -0.1) is 0 Å². The van der Waals surface area contributed by atoms with Crippen LogP contribution in [0.3, 0.4) is 0 Å². The molecule has 0 atom stereocenters. The van der Waals surface area contributed by atoms with Crippen LogP contribution in [0.25, 0.3) is 10.9 Å². The summed E-state index contributed by atoms with van der Waals surface area (Å²) in [5.41, 5.74) is 3.01. The second-order valence-electron chi connectivity index (χ2n) is 7.41. The molecule has 0 bridgehead atoms. The van der Waals surface area contributed by atoms with Crippen molar-refractivity contribution in [2.45, 2.75) is 38.5 Å². The summed E-state index contributed by atoms with van der Waals surface area (Å²) in [5.74, 6) is 0.910. The fourth-order valence-corrected chi connectivity index (χ4v) is 3.83. The van der Waals surface area contributed by atoms with Gasteiger partial charge in [-0.25, -0.2) is 0 Å². The summed E-state index contributed by atoms with van der Waals surface area (Å²) in [6.07, 6.45) is 9.33. The third-order valence-electron chi connectivity index (χ3n) is 5.70. The van der Waals surface area contributed by atoms with Gasteiger partial charge in [0.2, 0.25) is 0 Å². The number of H-pyrrole nitrogens is 1. The highest BCUT2D eigenvalue weighted by Gasteiger charge is 2.36. The first-order chi connectivity index (χ1) is 12.8. The molecule has 0 unspecified atom stereocenters. The number of aromatic nitrogens is 1. The van der Waals surface area contributed by atoms with Crippen LogP contribution in [0.1, 0.15) is 37.7 Å². The maximum atomic E-state index is 5.28. The normalized spacial score (nSPS) is 16.5. The van der Waals surface area contributed by atoms with Crippen molar-refractivity contribution in [3.05, 3.63) is 36.0 Å². The van der Waals surface area contributed by atoms with Crippen LogP contribution >= 0.6 is 0 Å². The molecule has 0 amide bonds. The Morgan fingerprint density at radius 3 is 2.85 bits per heavy atom. The minimum atomic E-state index is 0.400. The number of nitrogens with zero attached hydrogens (tertiary/aromatic N) is 1. The van der Waals surface area contributed by atoms with Crippen molar-refractivity contribution in [2.75, 3.05) is 33.9 Å². The zero-order valence-corrected chi connectivity index (χ0v) is 16.1. The number of methoxy groups -OCH3 is 1. The van der Waals surface area contributed by atoms with E-state index in [9.17, 15) is 0 Å². The number of hydrogen-bond donors (Lipinski definition) is 3. The van der Waals surface area contributed by atoms with E-state index >= 15 is 0 Å². The lowest BCUT2D eigenvalue weighted by Gasteiger charge is -2.42. The van der Waals surface area contributed by atoms with E-state index in [0.717, 1.165) is 44.9 Å². The predicted molar refractivity (Wildman–Crippen MR) is 109 cm³/mol. The van der Waals surface area contributed by atoms with Crippen molar-refractivity contribution in [2.24, 2.45) is 10.4 Å². The average Bonchev–Trinajstić information content (AvgIpc) is 3.05. The van der Waals surface area contributed by atoms with Crippen molar-refractivity contribution in [3.63, 3.8) is 0 Å². The Morgan fingerprint density at radius 1 is 1.27 bits per heavy atom. The maximum Gasteiger partial charge on any atom is 0.190 e. The molecule has 0 radical (unpaired) electrons. The van der Waals surface area contributed by atoms with E-state index in [-0.39, 0.29) is 0 Å². The van der Waals surface area contributed by atoms with Gasteiger partial charge in [0.15, 0.2) is 5.96 Å². The molecule has 5 heteroatoms. The number of ether oxygens (including phenoxy) is 1. The lowest BCUT2D eigenvalue weighted by atomic mass is 9.67. The molecule has 0 aliphatic heterocycles. The topological polar surface area (TPSA) is 61.4 Å². The highest BCUT2D eigenvalue weighted by molar-refractivity contribution is 5.83. The van der Waals surface area contributed by atoms with Crippen LogP contribution in [0.5, 0.6) is 0 Å². The Labute approximate surface area is 156 Å². The highest BCUT2D eigenvalue weighted by atomic mass is 16.5. The number of aromatic amines is 1. The van der Waals surface area contributed by atoms with Crippen LogP contribution in [0.15, 0.2) is 35.5 Å². The number of nitrogens with one attached hydrogen (secondary N) is 3. The summed E-state index contributed by atoms with van der Waals surface area (Å²) in [5, 5.41) is 8.31. The Hall–Kier alpha value is -2.01. The van der Waals surface area contributed by atoms with E-state index in [1.807, 2.05) is 7.05 Å². The van der Waals surface area contributed by atoms with Gasteiger partial charge in [0.05, 0.1) is 0 Å². The summed E-state index contributed by atoms with van der Waals surface area (Å²) in [4.78, 5) is 7.72. The molecule has 1 aromatic carbocycles. The van der Waals surface area contributed by atoms with Gasteiger partial charge in [0.1, 0.15) is 0 Å². The van der Waals surface area contributed by atoms with Crippen LogP contribution in [-0.4, -0.2) is 44.8 Å². The van der Waals surface area contributed by atoms with Crippen LogP contribution < -0.4 is 10.6 Å². The van der Waals surface area contributed by atoms with E-state index in [2.05, 4.69) is 51.1 Å². The minimum Gasteiger partial charge on any atom is -0.385 e. The zero-order valence-electron chi connectivity index (χ0n) is 16.1. The minimum absolute atomic E-state index is 0.400. The summed E-state index contributed by atoms with van der Waals surface area (Å²) in [6, 6.07) is 8.49. The van der Waals surface area contributed by atoms with Gasteiger partial charge >= 0.3 is 0 Å². The largest absolute Gasteiger partial charge is 0.385 e. The van der Waals surface area contributed by atoms with E-state index in [0.29, 0.717) is 5.41 Å². The van der Waals surface area contributed by atoms with Crippen molar-refractivity contribution >= 4 is 16.9 Å². The van der Waals surface area contributed by atoms with Crippen molar-refractivity contribution < 1.29 is 4.74 Å². The van der Waals surface area contributed by atoms with E-state index in [4.69, 9.17) is 4.74 Å². The molecule has 26 heavy (non-hydrogen) atoms. The molecule has 5 nitrogen and oxygen atoms in total. The SMILES string of the molecule is CN=C(NCCCc1c[nH]c2ccccc12)NCC1(CCOC)CCC1. The van der Waals surface area contributed by atoms with Crippen molar-refractivity contribution in [1.29, 1.82) is 0 Å². The molecule has 142 valence electrons. The van der Waals surface area contributed by atoms with Crippen LogP contribution in [0.2, 0.25) is 0 Å². The van der Waals surface area contributed by atoms with E-state index in [1.54, 1.807) is 7.11 Å². The Morgan fingerprint density at radius 2 is 2.12 bits per heavy atom. The lowest BCUT2D eigenvalue weighted by molar-refractivity contribution is 0.0732. The summed E-state index contributed by atoms with van der Waals surface area (Å²) < 4.78 is 5.28. The van der Waals surface area contributed by atoms with Gasteiger partial charge in [-0.3, -0.25) is 4.99 Å². The zero-order chi connectivity index (χ0) is 18.2. The van der Waals surface area contributed by atoms with Crippen LogP contribution in [-0.2, 0) is 11.2 Å². The molecular formula is C21H32N4O. The molecule has 1 fully saturated rings. The van der Waals surface area contributed by atoms with Gasteiger partial charge in [-0.1, -0.05) is 24.6 Å². The summed E-state index contributed by atoms with van der Waals surface area (Å²) in [6.45, 7) is 2.75. The van der Waals surface area contributed by atoms with E-state index < -0.39 is 0 Å². The molecule has 1 saturated carbocycles. The maximum absolute atomic E-state index is 5.28. The number of guanidine groups is 1. The van der Waals surface area contributed by atoms with Gasteiger partial charge in [0.25, 0.3) is 0 Å². The van der Waals surface area contributed by atoms with Gasteiger partial charge in [-0.2, -0.15) is 0 Å². The predicted octanol–water partition coefficient (Wildman–Crippen LogP) is 3.47. The van der Waals surface area contributed by atoms with Gasteiger partial charge in [-0.05, 0) is 49.1 Å². The monoisotopic (exact) mass is 356 g/mol. The molecule has 1 aliphatic rings.